The van der Waals surface area contributed by atoms with Crippen LogP contribution >= 0.6 is 0 Å². The van der Waals surface area contributed by atoms with E-state index in [2.05, 4.69) is 250 Å². The van der Waals surface area contributed by atoms with Crippen LogP contribution in [0.1, 0.15) is 55.0 Å². The highest BCUT2D eigenvalue weighted by Crippen LogP contribution is 2.66. The summed E-state index contributed by atoms with van der Waals surface area (Å²) in [5.74, 6) is 3.27. The van der Waals surface area contributed by atoms with Gasteiger partial charge in [0.2, 0.25) is 0 Å². The lowest BCUT2D eigenvalue weighted by Crippen LogP contribution is -2.32. The summed E-state index contributed by atoms with van der Waals surface area (Å²) in [5, 5.41) is 4.60. The highest BCUT2D eigenvalue weighted by atomic mass is 16.3. The molecule has 3 aliphatic carbocycles. The van der Waals surface area contributed by atoms with Crippen molar-refractivity contribution in [3.63, 3.8) is 0 Å². The van der Waals surface area contributed by atoms with E-state index in [1.807, 2.05) is 12.1 Å². The number of rotatable bonds is 6. The Morgan fingerprint density at radius 3 is 2.03 bits per heavy atom. The first kappa shape index (κ1) is 42.9. The van der Waals surface area contributed by atoms with Crippen LogP contribution < -0.4 is 4.90 Å². The van der Waals surface area contributed by atoms with Crippen molar-refractivity contribution >= 4 is 55.3 Å². The first-order chi connectivity index (χ1) is 35.8. The molecule has 2 heteroatoms. The third-order valence-electron chi connectivity index (χ3n) is 16.0. The van der Waals surface area contributed by atoms with Gasteiger partial charge >= 0.3 is 0 Å². The first-order valence-corrected chi connectivity index (χ1v) is 25.5. The van der Waals surface area contributed by atoms with Gasteiger partial charge in [0.05, 0.1) is 11.1 Å². The number of benzene rings is 10. The van der Waals surface area contributed by atoms with Crippen molar-refractivity contribution in [2.45, 2.75) is 38.0 Å². The summed E-state index contributed by atoms with van der Waals surface area (Å²) < 4.78 is 6.49. The van der Waals surface area contributed by atoms with Crippen LogP contribution in [0.3, 0.4) is 0 Å². The molecule has 1 aromatic heterocycles. The number of fused-ring (bicyclic) bond motifs is 13. The molecule has 11 aromatic rings. The Labute approximate surface area is 427 Å². The van der Waals surface area contributed by atoms with Gasteiger partial charge in [-0.25, -0.2) is 0 Å². The van der Waals surface area contributed by atoms with Crippen molar-refractivity contribution in [3.05, 3.63) is 264 Å². The van der Waals surface area contributed by atoms with Crippen molar-refractivity contribution in [2.75, 3.05) is 4.90 Å². The largest absolute Gasteiger partial charge is 0.455 e. The molecule has 0 N–H and O–H groups in total. The number of hydrogen-bond donors (Lipinski definition) is 0. The Hall–Kier alpha value is -8.90. The van der Waals surface area contributed by atoms with Crippen LogP contribution in [0.5, 0.6) is 0 Å². The quantitative estimate of drug-likeness (QED) is 0.155. The minimum absolute atomic E-state index is 0.0353. The monoisotopic (exact) mass is 933 g/mol. The Kier molecular flexibility index (Phi) is 9.60. The molecule has 2 nitrogen and oxygen atoms in total. The van der Waals surface area contributed by atoms with Gasteiger partial charge in [-0.2, -0.15) is 0 Å². The van der Waals surface area contributed by atoms with E-state index in [1.54, 1.807) is 0 Å². The van der Waals surface area contributed by atoms with Gasteiger partial charge in [-0.3, -0.25) is 0 Å². The summed E-state index contributed by atoms with van der Waals surface area (Å²) in [6.07, 6.45) is 12.0. The molecule has 0 fully saturated rings. The topological polar surface area (TPSA) is 16.4 Å². The van der Waals surface area contributed by atoms with Crippen molar-refractivity contribution in [1.29, 1.82) is 0 Å². The SMILES string of the molecule is C#CC1CC=CC2=C1C1(c3cc(C(C)(C)C)ccc32)c2ccccc2-c2cccc(-c3ccc4cc(N(c5ccc(-c6cccc7c6oc6ccccc67)cc5)c5ccccc5-c5ccccc5)ccc4c3)c21. The molecule has 0 saturated heterocycles. The molecular formula is C71H51NO. The lowest BCUT2D eigenvalue weighted by molar-refractivity contribution is 0.586. The van der Waals surface area contributed by atoms with E-state index in [0.29, 0.717) is 0 Å². The Morgan fingerprint density at radius 2 is 1.18 bits per heavy atom. The number of terminal acetylenes is 1. The van der Waals surface area contributed by atoms with Gasteiger partial charge in [-0.15, -0.1) is 6.42 Å². The number of hydrogen-bond acceptors (Lipinski definition) is 2. The third-order valence-corrected chi connectivity index (χ3v) is 16.0. The zero-order valence-corrected chi connectivity index (χ0v) is 41.2. The summed E-state index contributed by atoms with van der Waals surface area (Å²) >= 11 is 0. The average Bonchev–Trinajstić information content (AvgIpc) is 4.10. The Balaban J connectivity index is 0.923. The van der Waals surface area contributed by atoms with E-state index in [1.165, 1.54) is 66.6 Å². The standard InChI is InChI=1S/C71H51NO/c1-5-45-20-15-26-60-58-41-37-51(70(2,3)4)44-64(58)71(67(45)60)63-29-12-9-22-57(63)61-27-16-24-55(68(61)71)50-33-32-49-43-53(40-36-48(49)42-50)72(65-30-13-10-21-54(65)46-18-7-6-8-19-46)52-38-34-47(35-39-52)56-25-17-28-62-59-23-11-14-31-66(59)73-69(56)62/h1,6-19,21-45H,20H2,2-4H3. The number of para-hydroxylation sites is 3. The van der Waals surface area contributed by atoms with Crippen LogP contribution in [0, 0.1) is 18.3 Å². The fourth-order valence-corrected chi connectivity index (χ4v) is 12.7. The van der Waals surface area contributed by atoms with Gasteiger partial charge in [0.15, 0.2) is 0 Å². The fourth-order valence-electron chi connectivity index (χ4n) is 12.7. The second-order valence-corrected chi connectivity index (χ2v) is 21.0. The molecule has 0 bridgehead atoms. The van der Waals surface area contributed by atoms with Crippen molar-refractivity contribution in [1.82, 2.24) is 0 Å². The number of nitrogens with zero attached hydrogens (tertiary/aromatic N) is 1. The summed E-state index contributed by atoms with van der Waals surface area (Å²) in [6.45, 7) is 6.95. The number of allylic oxidation sites excluding steroid dienone is 4. The molecule has 0 radical (unpaired) electrons. The molecule has 346 valence electrons. The fraction of sp³-hybridized carbons (Fsp3) is 0.0986. The van der Waals surface area contributed by atoms with E-state index in [9.17, 15) is 0 Å². The normalized spacial score (nSPS) is 16.4. The number of anilines is 3. The van der Waals surface area contributed by atoms with Gasteiger partial charge < -0.3 is 9.32 Å². The molecule has 14 rings (SSSR count). The minimum atomic E-state index is -0.546. The molecule has 0 amide bonds. The molecule has 1 heterocycles. The highest BCUT2D eigenvalue weighted by Gasteiger charge is 2.56. The third kappa shape index (κ3) is 6.45. The summed E-state index contributed by atoms with van der Waals surface area (Å²) in [5.41, 5.74) is 23.2. The Morgan fingerprint density at radius 1 is 0.521 bits per heavy atom. The summed E-state index contributed by atoms with van der Waals surface area (Å²) in [4.78, 5) is 2.40. The predicted molar refractivity (Wildman–Crippen MR) is 306 cm³/mol. The molecule has 2 unspecified atom stereocenters. The molecule has 73 heavy (non-hydrogen) atoms. The van der Waals surface area contributed by atoms with E-state index >= 15 is 0 Å². The molecule has 1 spiro atoms. The maximum atomic E-state index is 6.58. The molecule has 0 saturated carbocycles. The maximum Gasteiger partial charge on any atom is 0.143 e. The van der Waals surface area contributed by atoms with E-state index in [4.69, 9.17) is 10.8 Å². The van der Waals surface area contributed by atoms with Crippen LogP contribution in [0.25, 0.3) is 82.8 Å². The molecule has 3 aliphatic rings. The van der Waals surface area contributed by atoms with Gasteiger partial charge in [0.25, 0.3) is 0 Å². The molecule has 0 aliphatic heterocycles. The minimum Gasteiger partial charge on any atom is -0.455 e. The van der Waals surface area contributed by atoms with Crippen LogP contribution in [0.15, 0.2) is 241 Å². The van der Waals surface area contributed by atoms with Gasteiger partial charge in [0, 0.05) is 39.2 Å². The number of furan rings is 1. The lowest BCUT2D eigenvalue weighted by Gasteiger charge is -2.37. The maximum absolute atomic E-state index is 6.58. The second-order valence-electron chi connectivity index (χ2n) is 21.0. The van der Waals surface area contributed by atoms with E-state index in [-0.39, 0.29) is 11.3 Å². The Bertz CT molecular complexity index is 4170. The molecule has 10 aromatic carbocycles. The smallest absolute Gasteiger partial charge is 0.143 e. The van der Waals surface area contributed by atoms with Gasteiger partial charge in [0.1, 0.15) is 11.2 Å². The van der Waals surface area contributed by atoms with Crippen LogP contribution in [-0.2, 0) is 10.8 Å². The first-order valence-electron chi connectivity index (χ1n) is 25.5. The lowest BCUT2D eigenvalue weighted by atomic mass is 9.63. The zero-order valence-electron chi connectivity index (χ0n) is 41.2. The van der Waals surface area contributed by atoms with E-state index < -0.39 is 5.41 Å². The van der Waals surface area contributed by atoms with Crippen molar-refractivity contribution in [2.24, 2.45) is 5.92 Å². The van der Waals surface area contributed by atoms with Gasteiger partial charge in [-0.1, -0.05) is 215 Å². The van der Waals surface area contributed by atoms with E-state index in [0.717, 1.165) is 73.1 Å². The molecule has 2 atom stereocenters. The van der Waals surface area contributed by atoms with Crippen LogP contribution in [-0.4, -0.2) is 0 Å². The summed E-state index contributed by atoms with van der Waals surface area (Å²) in [6, 6.07) is 80.4. The van der Waals surface area contributed by atoms with Crippen molar-refractivity contribution in [3.8, 4) is 56.9 Å². The van der Waals surface area contributed by atoms with Crippen molar-refractivity contribution < 1.29 is 4.42 Å². The van der Waals surface area contributed by atoms with Crippen LogP contribution in [0.4, 0.5) is 17.1 Å². The predicted octanol–water partition coefficient (Wildman–Crippen LogP) is 18.8. The zero-order chi connectivity index (χ0) is 49.0. The highest BCUT2D eigenvalue weighted by molar-refractivity contribution is 6.10. The van der Waals surface area contributed by atoms with Crippen LogP contribution in [0.2, 0.25) is 0 Å². The average molecular weight is 934 g/mol. The summed E-state index contributed by atoms with van der Waals surface area (Å²) in [7, 11) is 0. The molecular weight excluding hydrogens is 883 g/mol. The van der Waals surface area contributed by atoms with Gasteiger partial charge in [-0.05, 0) is 137 Å². The second kappa shape index (κ2) is 16.3.